The monoisotopic (exact) mass is 280 g/mol. The van der Waals surface area contributed by atoms with Crippen molar-refractivity contribution in [3.05, 3.63) is 23.9 Å². The number of pyridine rings is 1. The minimum Gasteiger partial charge on any atom is -0.480 e. The van der Waals surface area contributed by atoms with Gasteiger partial charge in [-0.1, -0.05) is 0 Å². The summed E-state index contributed by atoms with van der Waals surface area (Å²) in [6, 6.07) is 3.23. The molecule has 7 nitrogen and oxygen atoms in total. The molecule has 0 saturated carbocycles. The van der Waals surface area contributed by atoms with E-state index >= 15 is 0 Å². The molecule has 2 N–H and O–H groups in total. The summed E-state index contributed by atoms with van der Waals surface area (Å²) in [4.78, 5) is 26.9. The molecule has 0 radical (unpaired) electrons. The lowest BCUT2D eigenvalue weighted by atomic mass is 10.0. The summed E-state index contributed by atoms with van der Waals surface area (Å²) in [7, 11) is 1.43. The second-order valence-electron chi connectivity index (χ2n) is 4.45. The Morgan fingerprint density at radius 1 is 1.60 bits per heavy atom. The van der Waals surface area contributed by atoms with Crippen LogP contribution < -0.4 is 10.1 Å². The molecule has 1 aliphatic rings. The lowest BCUT2D eigenvalue weighted by Gasteiger charge is -2.15. The van der Waals surface area contributed by atoms with Crippen LogP contribution in [0.5, 0.6) is 5.88 Å². The number of nitrogens with one attached hydrogen (secondary N) is 1. The maximum atomic E-state index is 12.0. The van der Waals surface area contributed by atoms with Crippen molar-refractivity contribution in [2.75, 3.05) is 20.3 Å². The number of ether oxygens (including phenoxy) is 2. The van der Waals surface area contributed by atoms with Crippen LogP contribution in [0.4, 0.5) is 0 Å². The van der Waals surface area contributed by atoms with E-state index in [1.165, 1.54) is 13.3 Å². The summed E-state index contributed by atoms with van der Waals surface area (Å²) < 4.78 is 10.1. The summed E-state index contributed by atoms with van der Waals surface area (Å²) in [5.41, 5.74) is 0.320. The molecule has 20 heavy (non-hydrogen) atoms. The van der Waals surface area contributed by atoms with Gasteiger partial charge in [-0.2, -0.15) is 0 Å². The molecule has 0 aliphatic carbocycles. The zero-order chi connectivity index (χ0) is 14.5. The third-order valence-electron chi connectivity index (χ3n) is 3.19. The van der Waals surface area contributed by atoms with E-state index < -0.39 is 12.1 Å². The zero-order valence-electron chi connectivity index (χ0n) is 11.0. The first kappa shape index (κ1) is 14.3. The quantitative estimate of drug-likeness (QED) is 0.805. The molecule has 1 saturated heterocycles. The maximum Gasteiger partial charge on any atom is 0.333 e. The maximum absolute atomic E-state index is 12.0. The lowest BCUT2D eigenvalue weighted by Crippen LogP contribution is -2.36. The van der Waals surface area contributed by atoms with E-state index in [1.54, 1.807) is 12.1 Å². The van der Waals surface area contributed by atoms with Crippen LogP contribution in [-0.2, 0) is 9.53 Å². The van der Waals surface area contributed by atoms with Gasteiger partial charge in [0.25, 0.3) is 5.91 Å². The number of amides is 1. The van der Waals surface area contributed by atoms with E-state index in [1.807, 2.05) is 0 Å². The summed E-state index contributed by atoms with van der Waals surface area (Å²) in [5, 5.41) is 11.7. The lowest BCUT2D eigenvalue weighted by molar-refractivity contribution is -0.149. The van der Waals surface area contributed by atoms with Gasteiger partial charge in [0.15, 0.2) is 6.10 Å². The Morgan fingerprint density at radius 3 is 3.10 bits per heavy atom. The number of carboxylic acids is 1. The largest absolute Gasteiger partial charge is 0.480 e. The summed E-state index contributed by atoms with van der Waals surface area (Å²) in [5.74, 6) is -1.33. The zero-order valence-corrected chi connectivity index (χ0v) is 11.0. The van der Waals surface area contributed by atoms with Crippen molar-refractivity contribution in [2.24, 2.45) is 5.92 Å². The number of hydrogen-bond donors (Lipinski definition) is 2. The minimum absolute atomic E-state index is 0.223. The van der Waals surface area contributed by atoms with E-state index in [0.29, 0.717) is 18.6 Å². The highest BCUT2D eigenvalue weighted by Crippen LogP contribution is 2.21. The number of hydrogen-bond acceptors (Lipinski definition) is 5. The summed E-state index contributed by atoms with van der Waals surface area (Å²) in [6.45, 7) is 0.640. The first-order valence-corrected chi connectivity index (χ1v) is 6.25. The molecule has 0 aromatic carbocycles. The summed E-state index contributed by atoms with van der Waals surface area (Å²) >= 11 is 0. The molecular weight excluding hydrogens is 264 g/mol. The van der Waals surface area contributed by atoms with E-state index in [0.717, 1.165) is 0 Å². The van der Waals surface area contributed by atoms with Crippen LogP contribution in [0, 0.1) is 5.92 Å². The SMILES string of the molecule is COc1ncccc1C(=O)NC[C@@H]1CCO[C@@H]1C(=O)O. The number of rotatable bonds is 5. The molecule has 1 amide bonds. The van der Waals surface area contributed by atoms with E-state index in [2.05, 4.69) is 10.3 Å². The van der Waals surface area contributed by atoms with Crippen molar-refractivity contribution in [1.29, 1.82) is 0 Å². The Balaban J connectivity index is 1.97. The highest BCUT2D eigenvalue weighted by Gasteiger charge is 2.34. The van der Waals surface area contributed by atoms with Gasteiger partial charge in [-0.15, -0.1) is 0 Å². The number of carbonyl (C=O) groups is 2. The van der Waals surface area contributed by atoms with Crippen LogP contribution in [-0.4, -0.2) is 48.3 Å². The van der Waals surface area contributed by atoms with Gasteiger partial charge in [0, 0.05) is 25.3 Å². The van der Waals surface area contributed by atoms with Crippen LogP contribution in [0.2, 0.25) is 0 Å². The topological polar surface area (TPSA) is 97.8 Å². The third kappa shape index (κ3) is 3.05. The summed E-state index contributed by atoms with van der Waals surface area (Å²) in [6.07, 6.45) is 1.29. The average molecular weight is 280 g/mol. The highest BCUT2D eigenvalue weighted by molar-refractivity contribution is 5.96. The molecule has 0 bridgehead atoms. The van der Waals surface area contributed by atoms with Gasteiger partial charge in [-0.05, 0) is 18.6 Å². The third-order valence-corrected chi connectivity index (χ3v) is 3.19. The first-order valence-electron chi connectivity index (χ1n) is 6.25. The fourth-order valence-corrected chi connectivity index (χ4v) is 2.16. The van der Waals surface area contributed by atoms with Crippen LogP contribution in [0.3, 0.4) is 0 Å². The van der Waals surface area contributed by atoms with E-state index in [-0.39, 0.29) is 24.2 Å². The Bertz CT molecular complexity index is 505. The number of aromatic nitrogens is 1. The number of methoxy groups -OCH3 is 1. The standard InChI is InChI=1S/C13H16N2O5/c1-19-12-9(3-2-5-14-12)11(16)15-7-8-4-6-20-10(8)13(17)18/h2-3,5,8,10H,4,6-7H2,1H3,(H,15,16)(H,17,18)/t8-,10-/m0/s1. The van der Waals surface area contributed by atoms with Crippen molar-refractivity contribution in [3.63, 3.8) is 0 Å². The van der Waals surface area contributed by atoms with Gasteiger partial charge in [0.1, 0.15) is 5.56 Å². The number of carbonyl (C=O) groups excluding carboxylic acids is 1. The minimum atomic E-state index is -0.999. The van der Waals surface area contributed by atoms with Crippen LogP contribution in [0.1, 0.15) is 16.8 Å². The average Bonchev–Trinajstić information content (AvgIpc) is 2.93. The fourth-order valence-electron chi connectivity index (χ4n) is 2.16. The van der Waals surface area contributed by atoms with E-state index in [9.17, 15) is 9.59 Å². The van der Waals surface area contributed by atoms with Gasteiger partial charge in [0.2, 0.25) is 5.88 Å². The number of aliphatic carboxylic acids is 1. The molecule has 2 heterocycles. The Hall–Kier alpha value is -2.15. The predicted molar refractivity (Wildman–Crippen MR) is 68.6 cm³/mol. The highest BCUT2D eigenvalue weighted by atomic mass is 16.5. The van der Waals surface area contributed by atoms with Crippen LogP contribution >= 0.6 is 0 Å². The van der Waals surface area contributed by atoms with E-state index in [4.69, 9.17) is 14.6 Å². The Labute approximate surface area is 115 Å². The van der Waals surface area contributed by atoms with Gasteiger partial charge < -0.3 is 19.9 Å². The molecular formula is C13H16N2O5. The Kier molecular flexibility index (Phi) is 4.52. The second-order valence-corrected chi connectivity index (χ2v) is 4.45. The molecule has 1 aromatic heterocycles. The molecule has 1 aliphatic heterocycles. The molecule has 2 atom stereocenters. The van der Waals surface area contributed by atoms with Gasteiger partial charge in [0.05, 0.1) is 7.11 Å². The van der Waals surface area contributed by atoms with Gasteiger partial charge in [-0.3, -0.25) is 4.79 Å². The van der Waals surface area contributed by atoms with Crippen LogP contribution in [0.15, 0.2) is 18.3 Å². The molecule has 108 valence electrons. The fraction of sp³-hybridized carbons (Fsp3) is 0.462. The van der Waals surface area contributed by atoms with Crippen molar-refractivity contribution < 1.29 is 24.2 Å². The second kappa shape index (κ2) is 6.33. The molecule has 2 rings (SSSR count). The molecule has 1 fully saturated rings. The van der Waals surface area contributed by atoms with Crippen molar-refractivity contribution >= 4 is 11.9 Å². The van der Waals surface area contributed by atoms with Gasteiger partial charge >= 0.3 is 5.97 Å². The van der Waals surface area contributed by atoms with Crippen LogP contribution in [0.25, 0.3) is 0 Å². The van der Waals surface area contributed by atoms with Crippen molar-refractivity contribution in [1.82, 2.24) is 10.3 Å². The Morgan fingerprint density at radius 2 is 2.40 bits per heavy atom. The predicted octanol–water partition coefficient (Wildman–Crippen LogP) is 0.310. The smallest absolute Gasteiger partial charge is 0.333 e. The molecule has 7 heteroatoms. The normalized spacial score (nSPS) is 21.4. The van der Waals surface area contributed by atoms with Gasteiger partial charge in [-0.25, -0.2) is 9.78 Å². The van der Waals surface area contributed by atoms with Crippen molar-refractivity contribution in [3.8, 4) is 5.88 Å². The number of carboxylic acid groups (broad SMARTS) is 1. The molecule has 0 unspecified atom stereocenters. The first-order chi connectivity index (χ1) is 9.63. The number of nitrogens with zero attached hydrogens (tertiary/aromatic N) is 1. The molecule has 1 aromatic rings. The molecule has 0 spiro atoms. The van der Waals surface area contributed by atoms with Crippen molar-refractivity contribution in [2.45, 2.75) is 12.5 Å².